The van der Waals surface area contributed by atoms with Gasteiger partial charge < -0.3 is 0 Å². The average Bonchev–Trinajstić information content (AvgIpc) is 2.75. The Kier molecular flexibility index (Phi) is 2.99. The Bertz CT molecular complexity index is 494. The van der Waals surface area contributed by atoms with Crippen LogP contribution in [0.15, 0.2) is 10.9 Å². The SMILES string of the molecule is Cc1csc(NC(=O)c2scnc2Cl)n1. The highest BCUT2D eigenvalue weighted by molar-refractivity contribution is 7.14. The molecular weight excluding hydrogens is 254 g/mol. The van der Waals surface area contributed by atoms with Crippen LogP contribution in [-0.2, 0) is 0 Å². The Morgan fingerprint density at radius 2 is 2.33 bits per heavy atom. The fraction of sp³-hybridized carbons (Fsp3) is 0.125. The van der Waals surface area contributed by atoms with Crippen LogP contribution in [0.25, 0.3) is 0 Å². The van der Waals surface area contributed by atoms with E-state index in [9.17, 15) is 4.79 Å². The van der Waals surface area contributed by atoms with Crippen LogP contribution in [0.5, 0.6) is 0 Å². The van der Waals surface area contributed by atoms with Gasteiger partial charge in [-0.2, -0.15) is 0 Å². The van der Waals surface area contributed by atoms with Crippen LogP contribution < -0.4 is 5.32 Å². The molecule has 1 amide bonds. The Morgan fingerprint density at radius 1 is 1.53 bits per heavy atom. The molecule has 15 heavy (non-hydrogen) atoms. The number of carbonyl (C=O) groups excluding carboxylic acids is 1. The molecule has 2 rings (SSSR count). The lowest BCUT2D eigenvalue weighted by atomic mass is 10.5. The molecule has 0 aliphatic heterocycles. The summed E-state index contributed by atoms with van der Waals surface area (Å²) < 4.78 is 0. The number of rotatable bonds is 2. The molecule has 0 aliphatic carbocycles. The topological polar surface area (TPSA) is 54.9 Å². The van der Waals surface area contributed by atoms with Crippen molar-refractivity contribution in [1.29, 1.82) is 0 Å². The summed E-state index contributed by atoms with van der Waals surface area (Å²) in [4.78, 5) is 20.0. The minimum atomic E-state index is -0.267. The monoisotopic (exact) mass is 259 g/mol. The fourth-order valence-corrected chi connectivity index (χ4v) is 2.53. The van der Waals surface area contributed by atoms with Gasteiger partial charge in [0.1, 0.15) is 4.88 Å². The molecule has 0 fully saturated rings. The number of aryl methyl sites for hydroxylation is 1. The molecule has 7 heteroatoms. The number of amides is 1. The van der Waals surface area contributed by atoms with E-state index in [4.69, 9.17) is 11.6 Å². The number of thiazole rings is 2. The molecule has 4 nitrogen and oxygen atoms in total. The highest BCUT2D eigenvalue weighted by atomic mass is 35.5. The van der Waals surface area contributed by atoms with E-state index in [2.05, 4.69) is 15.3 Å². The number of carbonyl (C=O) groups is 1. The number of nitrogens with zero attached hydrogens (tertiary/aromatic N) is 2. The van der Waals surface area contributed by atoms with E-state index in [1.807, 2.05) is 12.3 Å². The first-order chi connectivity index (χ1) is 7.16. The molecule has 0 atom stereocenters. The molecule has 2 heterocycles. The second-order valence-electron chi connectivity index (χ2n) is 2.72. The molecule has 0 saturated heterocycles. The molecule has 1 N–H and O–H groups in total. The first kappa shape index (κ1) is 10.5. The summed E-state index contributed by atoms with van der Waals surface area (Å²) >= 11 is 8.31. The maximum atomic E-state index is 11.6. The van der Waals surface area contributed by atoms with Crippen molar-refractivity contribution in [1.82, 2.24) is 9.97 Å². The van der Waals surface area contributed by atoms with Gasteiger partial charge >= 0.3 is 0 Å². The summed E-state index contributed by atoms with van der Waals surface area (Å²) in [6, 6.07) is 0. The fourth-order valence-electron chi connectivity index (χ4n) is 0.945. The van der Waals surface area contributed by atoms with Gasteiger partial charge in [-0.15, -0.1) is 22.7 Å². The lowest BCUT2D eigenvalue weighted by Gasteiger charge is -1.97. The van der Waals surface area contributed by atoms with Crippen LogP contribution in [0.3, 0.4) is 0 Å². The first-order valence-corrected chi connectivity index (χ1v) is 6.13. The van der Waals surface area contributed by atoms with Gasteiger partial charge in [-0.25, -0.2) is 9.97 Å². The quantitative estimate of drug-likeness (QED) is 0.902. The van der Waals surface area contributed by atoms with Crippen LogP contribution >= 0.6 is 34.3 Å². The number of hydrogen-bond donors (Lipinski definition) is 1. The predicted octanol–water partition coefficient (Wildman–Crippen LogP) is 2.81. The third kappa shape index (κ3) is 2.34. The van der Waals surface area contributed by atoms with E-state index >= 15 is 0 Å². The average molecular weight is 260 g/mol. The zero-order chi connectivity index (χ0) is 10.8. The zero-order valence-corrected chi connectivity index (χ0v) is 10.0. The van der Waals surface area contributed by atoms with E-state index in [-0.39, 0.29) is 11.1 Å². The largest absolute Gasteiger partial charge is 0.297 e. The smallest absolute Gasteiger partial charge is 0.270 e. The maximum absolute atomic E-state index is 11.6. The Morgan fingerprint density at radius 3 is 2.87 bits per heavy atom. The van der Waals surface area contributed by atoms with Crippen molar-refractivity contribution in [3.8, 4) is 0 Å². The zero-order valence-electron chi connectivity index (χ0n) is 7.65. The summed E-state index contributed by atoms with van der Waals surface area (Å²) in [5.74, 6) is -0.267. The van der Waals surface area contributed by atoms with Crippen LogP contribution in [0, 0.1) is 6.92 Å². The molecule has 0 aliphatic rings. The normalized spacial score (nSPS) is 10.3. The number of aromatic nitrogens is 2. The van der Waals surface area contributed by atoms with Gasteiger partial charge in [-0.3, -0.25) is 10.1 Å². The molecular formula is C8H6ClN3OS2. The third-order valence-electron chi connectivity index (χ3n) is 1.57. The van der Waals surface area contributed by atoms with Crippen molar-refractivity contribution < 1.29 is 4.79 Å². The number of halogens is 1. The van der Waals surface area contributed by atoms with Crippen LogP contribution in [0.2, 0.25) is 5.15 Å². The first-order valence-electron chi connectivity index (χ1n) is 3.99. The Balaban J connectivity index is 2.14. The lowest BCUT2D eigenvalue weighted by molar-refractivity contribution is 0.103. The summed E-state index contributed by atoms with van der Waals surface area (Å²) in [6.07, 6.45) is 0. The van der Waals surface area contributed by atoms with Crippen molar-refractivity contribution >= 4 is 45.3 Å². The molecule has 78 valence electrons. The second kappa shape index (κ2) is 4.26. The van der Waals surface area contributed by atoms with Gasteiger partial charge in [0.05, 0.1) is 11.2 Å². The number of nitrogens with one attached hydrogen (secondary N) is 1. The van der Waals surface area contributed by atoms with E-state index < -0.39 is 0 Å². The van der Waals surface area contributed by atoms with Crippen molar-refractivity contribution in [3.05, 3.63) is 26.6 Å². The summed E-state index contributed by atoms with van der Waals surface area (Å²) in [7, 11) is 0. The van der Waals surface area contributed by atoms with Crippen molar-refractivity contribution in [2.75, 3.05) is 5.32 Å². The second-order valence-corrected chi connectivity index (χ2v) is 4.79. The standard InChI is InChI=1S/C8H6ClN3OS2/c1-4-2-14-8(11-4)12-7(13)5-6(9)10-3-15-5/h2-3H,1H3,(H,11,12,13). The number of anilines is 1. The van der Waals surface area contributed by atoms with Crippen molar-refractivity contribution in [2.24, 2.45) is 0 Å². The van der Waals surface area contributed by atoms with Gasteiger partial charge in [0.15, 0.2) is 10.3 Å². The minimum Gasteiger partial charge on any atom is -0.297 e. The molecule has 0 saturated carbocycles. The maximum Gasteiger partial charge on any atom is 0.270 e. The summed E-state index contributed by atoms with van der Waals surface area (Å²) in [6.45, 7) is 1.87. The molecule has 0 radical (unpaired) electrons. The van der Waals surface area contributed by atoms with E-state index in [0.29, 0.717) is 10.0 Å². The number of hydrogen-bond acceptors (Lipinski definition) is 5. The van der Waals surface area contributed by atoms with E-state index in [0.717, 1.165) is 5.69 Å². The molecule has 0 aromatic carbocycles. The van der Waals surface area contributed by atoms with Gasteiger partial charge in [0.25, 0.3) is 5.91 Å². The predicted molar refractivity (Wildman–Crippen MR) is 61.9 cm³/mol. The van der Waals surface area contributed by atoms with E-state index in [1.165, 1.54) is 28.2 Å². The minimum absolute atomic E-state index is 0.228. The van der Waals surface area contributed by atoms with Crippen molar-refractivity contribution in [3.63, 3.8) is 0 Å². The van der Waals surface area contributed by atoms with Crippen molar-refractivity contribution in [2.45, 2.75) is 6.92 Å². The summed E-state index contributed by atoms with van der Waals surface area (Å²) in [5.41, 5.74) is 2.41. The molecule has 0 bridgehead atoms. The highest BCUT2D eigenvalue weighted by Gasteiger charge is 2.14. The Labute approximate surface area is 99.0 Å². The lowest BCUT2D eigenvalue weighted by Crippen LogP contribution is -2.10. The van der Waals surface area contributed by atoms with E-state index in [1.54, 1.807) is 0 Å². The van der Waals surface area contributed by atoms with Crippen LogP contribution in [0.1, 0.15) is 15.4 Å². The molecule has 2 aromatic heterocycles. The summed E-state index contributed by atoms with van der Waals surface area (Å²) in [5, 5.41) is 5.32. The third-order valence-corrected chi connectivity index (χ3v) is 3.67. The highest BCUT2D eigenvalue weighted by Crippen LogP contribution is 2.21. The van der Waals surface area contributed by atoms with Gasteiger partial charge in [0, 0.05) is 5.38 Å². The van der Waals surface area contributed by atoms with Gasteiger partial charge in [-0.1, -0.05) is 11.6 Å². The molecule has 2 aromatic rings. The van der Waals surface area contributed by atoms with Crippen LogP contribution in [0.4, 0.5) is 5.13 Å². The van der Waals surface area contributed by atoms with Gasteiger partial charge in [0.2, 0.25) is 0 Å². The van der Waals surface area contributed by atoms with Gasteiger partial charge in [-0.05, 0) is 6.92 Å². The van der Waals surface area contributed by atoms with Crippen LogP contribution in [-0.4, -0.2) is 15.9 Å². The molecule has 0 spiro atoms. The molecule has 0 unspecified atom stereocenters. The Hall–Kier alpha value is -0.980.